The lowest BCUT2D eigenvalue weighted by molar-refractivity contribution is 0.701. The van der Waals surface area contributed by atoms with Crippen LogP contribution in [-0.2, 0) is 0 Å². The Morgan fingerprint density at radius 2 is 1.82 bits per heavy atom. The molecule has 2 heteroatoms. The SMILES string of the molecule is C[Si]1(CCCN)CCCCC1. The van der Waals surface area contributed by atoms with Crippen molar-refractivity contribution in [2.24, 2.45) is 5.73 Å². The van der Waals surface area contributed by atoms with Gasteiger partial charge in [0.05, 0.1) is 8.07 Å². The van der Waals surface area contributed by atoms with Crippen molar-refractivity contribution in [3.8, 4) is 0 Å². The highest BCUT2D eigenvalue weighted by molar-refractivity contribution is 6.78. The Morgan fingerprint density at radius 1 is 1.18 bits per heavy atom. The molecule has 0 radical (unpaired) electrons. The maximum Gasteiger partial charge on any atom is 0.0505 e. The first-order valence-electron chi connectivity index (χ1n) is 4.97. The van der Waals surface area contributed by atoms with E-state index in [4.69, 9.17) is 5.73 Å². The Balaban J connectivity index is 2.25. The van der Waals surface area contributed by atoms with E-state index in [1.54, 1.807) is 12.1 Å². The molecule has 0 bridgehead atoms. The molecule has 1 heterocycles. The predicted octanol–water partition coefficient (Wildman–Crippen LogP) is 2.60. The van der Waals surface area contributed by atoms with Gasteiger partial charge in [0, 0.05) is 0 Å². The fraction of sp³-hybridized carbons (Fsp3) is 1.00. The third-order valence-electron chi connectivity index (χ3n) is 3.05. The Bertz CT molecular complexity index is 108. The van der Waals surface area contributed by atoms with E-state index in [1.165, 1.54) is 31.7 Å². The van der Waals surface area contributed by atoms with Crippen LogP contribution in [0.5, 0.6) is 0 Å². The second kappa shape index (κ2) is 4.26. The quantitative estimate of drug-likeness (QED) is 0.649. The molecule has 1 aliphatic rings. The molecule has 0 aromatic rings. The second-order valence-corrected chi connectivity index (χ2v) is 9.38. The van der Waals surface area contributed by atoms with E-state index in [0.717, 1.165) is 6.54 Å². The van der Waals surface area contributed by atoms with Crippen molar-refractivity contribution in [1.82, 2.24) is 0 Å². The van der Waals surface area contributed by atoms with Gasteiger partial charge in [0.15, 0.2) is 0 Å². The summed E-state index contributed by atoms with van der Waals surface area (Å²) in [5.41, 5.74) is 5.53. The highest BCUT2D eigenvalue weighted by Crippen LogP contribution is 2.32. The molecule has 1 nitrogen and oxygen atoms in total. The molecular weight excluding hydrogens is 150 g/mol. The first-order chi connectivity index (χ1) is 5.27. The van der Waals surface area contributed by atoms with Crippen molar-refractivity contribution < 1.29 is 0 Å². The topological polar surface area (TPSA) is 26.0 Å². The van der Waals surface area contributed by atoms with Crippen LogP contribution in [0.15, 0.2) is 0 Å². The summed E-state index contributed by atoms with van der Waals surface area (Å²) >= 11 is 0. The number of hydrogen-bond donors (Lipinski definition) is 1. The molecule has 0 aliphatic carbocycles. The largest absolute Gasteiger partial charge is 0.330 e. The Morgan fingerprint density at radius 3 is 2.36 bits per heavy atom. The van der Waals surface area contributed by atoms with Gasteiger partial charge in [-0.25, -0.2) is 0 Å². The van der Waals surface area contributed by atoms with Crippen LogP contribution in [0.2, 0.25) is 24.7 Å². The third-order valence-corrected chi connectivity index (χ3v) is 7.73. The number of nitrogens with two attached hydrogens (primary N) is 1. The van der Waals surface area contributed by atoms with Gasteiger partial charge in [-0.2, -0.15) is 0 Å². The first kappa shape index (κ1) is 9.27. The summed E-state index contributed by atoms with van der Waals surface area (Å²) in [7, 11) is -0.738. The van der Waals surface area contributed by atoms with Gasteiger partial charge in [0.2, 0.25) is 0 Å². The molecule has 11 heavy (non-hydrogen) atoms. The molecule has 0 atom stereocenters. The first-order valence-corrected chi connectivity index (χ1v) is 8.09. The van der Waals surface area contributed by atoms with Crippen molar-refractivity contribution in [1.29, 1.82) is 0 Å². The van der Waals surface area contributed by atoms with Gasteiger partial charge < -0.3 is 5.73 Å². The normalized spacial score (nSPS) is 23.5. The highest BCUT2D eigenvalue weighted by atomic mass is 28.3. The van der Waals surface area contributed by atoms with E-state index in [1.807, 2.05) is 0 Å². The Hall–Kier alpha value is 0.177. The molecule has 0 aromatic carbocycles. The van der Waals surface area contributed by atoms with Gasteiger partial charge in [-0.1, -0.05) is 43.9 Å². The molecule has 0 unspecified atom stereocenters. The summed E-state index contributed by atoms with van der Waals surface area (Å²) in [6.07, 6.45) is 5.79. The van der Waals surface area contributed by atoms with E-state index < -0.39 is 8.07 Å². The maximum atomic E-state index is 5.53. The van der Waals surface area contributed by atoms with Crippen LogP contribution in [0.3, 0.4) is 0 Å². The van der Waals surface area contributed by atoms with Gasteiger partial charge in [0.1, 0.15) is 0 Å². The van der Waals surface area contributed by atoms with Crippen molar-refractivity contribution in [3.63, 3.8) is 0 Å². The number of hydrogen-bond acceptors (Lipinski definition) is 1. The van der Waals surface area contributed by atoms with E-state index >= 15 is 0 Å². The maximum absolute atomic E-state index is 5.53. The predicted molar refractivity (Wildman–Crippen MR) is 53.6 cm³/mol. The van der Waals surface area contributed by atoms with E-state index in [2.05, 4.69) is 6.55 Å². The Labute approximate surface area is 71.4 Å². The zero-order valence-electron chi connectivity index (χ0n) is 7.73. The summed E-state index contributed by atoms with van der Waals surface area (Å²) in [4.78, 5) is 0. The third kappa shape index (κ3) is 2.95. The smallest absolute Gasteiger partial charge is 0.0505 e. The second-order valence-electron chi connectivity index (χ2n) is 4.26. The van der Waals surface area contributed by atoms with Crippen LogP contribution < -0.4 is 5.73 Å². The summed E-state index contributed by atoms with van der Waals surface area (Å²) < 4.78 is 0. The van der Waals surface area contributed by atoms with E-state index in [-0.39, 0.29) is 0 Å². The highest BCUT2D eigenvalue weighted by Gasteiger charge is 2.27. The lowest BCUT2D eigenvalue weighted by Gasteiger charge is -2.31. The van der Waals surface area contributed by atoms with Crippen molar-refractivity contribution >= 4 is 8.07 Å². The molecular formula is C9H21NSi. The van der Waals surface area contributed by atoms with Gasteiger partial charge in [0.25, 0.3) is 0 Å². The van der Waals surface area contributed by atoms with Crippen molar-refractivity contribution in [3.05, 3.63) is 0 Å². The molecule has 1 saturated heterocycles. The lowest BCUT2D eigenvalue weighted by atomic mass is 10.3. The monoisotopic (exact) mass is 171 g/mol. The molecule has 2 N–H and O–H groups in total. The average molecular weight is 171 g/mol. The zero-order chi connectivity index (χ0) is 8.16. The van der Waals surface area contributed by atoms with Crippen LogP contribution in [0.1, 0.15) is 25.7 Å². The van der Waals surface area contributed by atoms with Crippen LogP contribution in [0.25, 0.3) is 0 Å². The minimum Gasteiger partial charge on any atom is -0.330 e. The fourth-order valence-electron chi connectivity index (χ4n) is 2.18. The van der Waals surface area contributed by atoms with Crippen LogP contribution in [0.4, 0.5) is 0 Å². The molecule has 0 aromatic heterocycles. The molecule has 1 aliphatic heterocycles. The Kier molecular flexibility index (Phi) is 3.59. The van der Waals surface area contributed by atoms with Crippen LogP contribution in [0, 0.1) is 0 Å². The van der Waals surface area contributed by atoms with Crippen LogP contribution in [-0.4, -0.2) is 14.6 Å². The molecule has 1 fully saturated rings. The van der Waals surface area contributed by atoms with E-state index in [0.29, 0.717) is 0 Å². The van der Waals surface area contributed by atoms with Gasteiger partial charge in [-0.15, -0.1) is 0 Å². The summed E-state index contributed by atoms with van der Waals surface area (Å²) in [6, 6.07) is 4.64. The summed E-state index contributed by atoms with van der Waals surface area (Å²) in [6.45, 7) is 3.48. The fourth-order valence-corrected chi connectivity index (χ4v) is 6.20. The molecule has 0 spiro atoms. The van der Waals surface area contributed by atoms with Gasteiger partial charge >= 0.3 is 0 Å². The standard InChI is InChI=1S/C9H21NSi/c1-11(9-5-6-10)7-3-2-4-8-11/h2-10H2,1H3. The molecule has 1 rings (SSSR count). The van der Waals surface area contributed by atoms with Crippen LogP contribution >= 0.6 is 0 Å². The summed E-state index contributed by atoms with van der Waals surface area (Å²) in [5, 5.41) is 0. The zero-order valence-corrected chi connectivity index (χ0v) is 8.73. The minimum absolute atomic E-state index is 0.738. The lowest BCUT2D eigenvalue weighted by Crippen LogP contribution is -2.32. The average Bonchev–Trinajstić information content (AvgIpc) is 2.03. The van der Waals surface area contributed by atoms with Crippen molar-refractivity contribution in [2.45, 2.75) is 50.4 Å². The number of rotatable bonds is 3. The van der Waals surface area contributed by atoms with Gasteiger partial charge in [-0.3, -0.25) is 0 Å². The van der Waals surface area contributed by atoms with E-state index in [9.17, 15) is 0 Å². The van der Waals surface area contributed by atoms with Gasteiger partial charge in [-0.05, 0) is 13.0 Å². The minimum atomic E-state index is -0.738. The molecule has 0 amide bonds. The molecule has 0 saturated carbocycles. The van der Waals surface area contributed by atoms with Crippen molar-refractivity contribution in [2.75, 3.05) is 6.54 Å². The summed E-state index contributed by atoms with van der Waals surface area (Å²) in [5.74, 6) is 0. The molecule has 66 valence electrons.